The first-order valence-corrected chi connectivity index (χ1v) is 12.0. The minimum Gasteiger partial charge on any atom is -0.365 e. The summed E-state index contributed by atoms with van der Waals surface area (Å²) in [6, 6.07) is 11.4. The van der Waals surface area contributed by atoms with Crippen LogP contribution in [0.2, 0.25) is 0 Å². The van der Waals surface area contributed by atoms with Gasteiger partial charge in [0, 0.05) is 37.2 Å². The highest BCUT2D eigenvalue weighted by atomic mass is 19.1. The molecule has 188 valence electrons. The molecular weight excluding hydrogens is 468 g/mol. The molecule has 3 heterocycles. The predicted octanol–water partition coefficient (Wildman–Crippen LogP) is 3.30. The number of piperidine rings is 1. The van der Waals surface area contributed by atoms with Gasteiger partial charge in [0.2, 0.25) is 5.91 Å². The maximum atomic E-state index is 13.8. The molecule has 10 heteroatoms. The number of nitrogens with zero attached hydrogens (tertiary/aromatic N) is 4. The monoisotopic (exact) mass is 495 g/mol. The number of hydrogen-bond acceptors (Lipinski definition) is 5. The van der Waals surface area contributed by atoms with Crippen LogP contribution in [-0.2, 0) is 29.2 Å². The first-order valence-electron chi connectivity index (χ1n) is 12.0. The van der Waals surface area contributed by atoms with Gasteiger partial charge in [-0.05, 0) is 31.4 Å². The zero-order valence-corrected chi connectivity index (χ0v) is 19.9. The second-order valence-corrected chi connectivity index (χ2v) is 9.30. The van der Waals surface area contributed by atoms with Crippen LogP contribution in [0.4, 0.5) is 8.78 Å². The number of ether oxygens (including phenoxy) is 1. The van der Waals surface area contributed by atoms with E-state index in [9.17, 15) is 18.4 Å². The van der Waals surface area contributed by atoms with E-state index in [-0.39, 0.29) is 48.2 Å². The molecule has 3 aromatic rings. The van der Waals surface area contributed by atoms with Crippen LogP contribution in [0.5, 0.6) is 0 Å². The molecule has 1 saturated heterocycles. The Balaban J connectivity index is 1.15. The lowest BCUT2D eigenvalue weighted by atomic mass is 9.95. The van der Waals surface area contributed by atoms with Crippen LogP contribution in [-0.4, -0.2) is 44.8 Å². The molecule has 2 amide bonds. The third kappa shape index (κ3) is 4.99. The lowest BCUT2D eigenvalue weighted by Crippen LogP contribution is -2.43. The average Bonchev–Trinajstić information content (AvgIpc) is 3.31. The van der Waals surface area contributed by atoms with Crippen molar-refractivity contribution in [3.63, 3.8) is 0 Å². The van der Waals surface area contributed by atoms with Crippen LogP contribution >= 0.6 is 0 Å². The summed E-state index contributed by atoms with van der Waals surface area (Å²) in [4.78, 5) is 27.4. The van der Waals surface area contributed by atoms with E-state index in [2.05, 4.69) is 15.6 Å². The Morgan fingerprint density at radius 3 is 2.58 bits per heavy atom. The van der Waals surface area contributed by atoms with Crippen molar-refractivity contribution in [3.05, 3.63) is 82.2 Å². The van der Waals surface area contributed by atoms with E-state index in [4.69, 9.17) is 4.74 Å². The fraction of sp³-hybridized carbons (Fsp3) is 0.385. The van der Waals surface area contributed by atoms with Gasteiger partial charge in [0.1, 0.15) is 17.7 Å². The van der Waals surface area contributed by atoms with Gasteiger partial charge >= 0.3 is 0 Å². The molecule has 0 spiro atoms. The number of nitrogens with one attached hydrogen (secondary N) is 1. The van der Waals surface area contributed by atoms with E-state index in [0.29, 0.717) is 38.2 Å². The van der Waals surface area contributed by atoms with Crippen molar-refractivity contribution in [1.29, 1.82) is 0 Å². The number of halogens is 2. The number of carbonyl (C=O) groups is 2. The highest BCUT2D eigenvalue weighted by Gasteiger charge is 2.33. The van der Waals surface area contributed by atoms with Crippen molar-refractivity contribution in [2.24, 2.45) is 5.92 Å². The quantitative estimate of drug-likeness (QED) is 0.587. The summed E-state index contributed by atoms with van der Waals surface area (Å²) in [6.07, 6.45) is 0.818. The molecule has 1 atom stereocenters. The van der Waals surface area contributed by atoms with Gasteiger partial charge in [-0.25, -0.2) is 13.5 Å². The van der Waals surface area contributed by atoms with Crippen LogP contribution in [0.3, 0.4) is 0 Å². The van der Waals surface area contributed by atoms with E-state index in [1.807, 2.05) is 31.2 Å². The highest BCUT2D eigenvalue weighted by molar-refractivity contribution is 5.93. The smallest absolute Gasteiger partial charge is 0.276 e. The summed E-state index contributed by atoms with van der Waals surface area (Å²) < 4.78 is 34.6. The lowest BCUT2D eigenvalue weighted by Gasteiger charge is -2.31. The Kier molecular flexibility index (Phi) is 6.77. The van der Waals surface area contributed by atoms with Crippen molar-refractivity contribution < 1.29 is 23.1 Å². The largest absolute Gasteiger partial charge is 0.365 e. The average molecular weight is 496 g/mol. The van der Waals surface area contributed by atoms with Crippen molar-refractivity contribution in [2.45, 2.75) is 45.6 Å². The van der Waals surface area contributed by atoms with Crippen LogP contribution < -0.4 is 5.32 Å². The first-order chi connectivity index (χ1) is 17.4. The number of aryl methyl sites for hydroxylation is 1. The van der Waals surface area contributed by atoms with Gasteiger partial charge in [0.05, 0.1) is 18.8 Å². The van der Waals surface area contributed by atoms with E-state index in [0.717, 1.165) is 17.7 Å². The zero-order chi connectivity index (χ0) is 25.2. The highest BCUT2D eigenvalue weighted by Crippen LogP contribution is 2.28. The van der Waals surface area contributed by atoms with Gasteiger partial charge in [-0.2, -0.15) is 0 Å². The van der Waals surface area contributed by atoms with Crippen LogP contribution in [0.15, 0.2) is 42.5 Å². The maximum absolute atomic E-state index is 13.8. The molecular formula is C26H27F2N5O3. The number of aromatic nitrogens is 3. The summed E-state index contributed by atoms with van der Waals surface area (Å²) in [7, 11) is 0. The minimum absolute atomic E-state index is 0.0138. The predicted molar refractivity (Wildman–Crippen MR) is 126 cm³/mol. The van der Waals surface area contributed by atoms with Gasteiger partial charge in [-0.1, -0.05) is 41.1 Å². The Labute approximate surface area is 207 Å². The lowest BCUT2D eigenvalue weighted by molar-refractivity contribution is -0.126. The molecule has 2 aliphatic heterocycles. The van der Waals surface area contributed by atoms with E-state index in [1.54, 1.807) is 9.58 Å². The van der Waals surface area contributed by atoms with Crippen LogP contribution in [0, 0.1) is 24.5 Å². The molecule has 1 fully saturated rings. The van der Waals surface area contributed by atoms with Crippen molar-refractivity contribution in [1.82, 2.24) is 25.2 Å². The Hall–Kier alpha value is -3.66. The van der Waals surface area contributed by atoms with Crippen LogP contribution in [0.25, 0.3) is 0 Å². The van der Waals surface area contributed by atoms with Crippen LogP contribution in [0.1, 0.15) is 51.8 Å². The van der Waals surface area contributed by atoms with Gasteiger partial charge < -0.3 is 15.0 Å². The van der Waals surface area contributed by atoms with Crippen molar-refractivity contribution >= 4 is 11.8 Å². The van der Waals surface area contributed by atoms with Crippen molar-refractivity contribution in [3.8, 4) is 0 Å². The molecule has 8 nitrogen and oxygen atoms in total. The normalized spacial score (nSPS) is 18.1. The number of carbonyl (C=O) groups excluding carboxylic acids is 2. The topological polar surface area (TPSA) is 89.4 Å². The Bertz CT molecular complexity index is 1270. The number of benzene rings is 2. The molecule has 2 aliphatic rings. The number of fused-ring (bicyclic) bond motifs is 1. The minimum atomic E-state index is -0.693. The molecule has 0 radical (unpaired) electrons. The van der Waals surface area contributed by atoms with Gasteiger partial charge in [0.25, 0.3) is 5.91 Å². The van der Waals surface area contributed by atoms with Crippen molar-refractivity contribution in [2.75, 3.05) is 13.1 Å². The zero-order valence-electron chi connectivity index (χ0n) is 19.9. The molecule has 0 unspecified atom stereocenters. The maximum Gasteiger partial charge on any atom is 0.276 e. The summed E-state index contributed by atoms with van der Waals surface area (Å²) in [6.45, 7) is 3.55. The third-order valence-corrected chi connectivity index (χ3v) is 6.87. The molecule has 36 heavy (non-hydrogen) atoms. The molecule has 0 bridgehead atoms. The standard InChI is InChI=1S/C26H27F2N5O3/c1-16-2-4-17(5-3-16)23-14-33-22(15-36-23)24(30-31-33)26(35)32-10-8-18(9-11-32)25(34)29-13-19-6-7-20(27)12-21(19)28/h2-7,12,18,23H,8-11,13-15H2,1H3,(H,29,34)/t23-/m1/s1. The molecule has 2 aromatic carbocycles. The fourth-order valence-corrected chi connectivity index (χ4v) is 4.65. The first kappa shape index (κ1) is 24.1. The molecule has 5 rings (SSSR count). The Morgan fingerprint density at radius 2 is 1.86 bits per heavy atom. The second kappa shape index (κ2) is 10.1. The molecule has 1 aromatic heterocycles. The van der Waals surface area contributed by atoms with E-state index < -0.39 is 11.6 Å². The summed E-state index contributed by atoms with van der Waals surface area (Å²) in [5.41, 5.74) is 3.39. The second-order valence-electron chi connectivity index (χ2n) is 9.30. The van der Waals surface area contributed by atoms with Gasteiger partial charge in [-0.3, -0.25) is 9.59 Å². The molecule has 0 aliphatic carbocycles. The number of rotatable bonds is 5. The molecule has 1 N–H and O–H groups in total. The number of amides is 2. The van der Waals surface area contributed by atoms with Gasteiger partial charge in [-0.15, -0.1) is 5.10 Å². The number of hydrogen-bond donors (Lipinski definition) is 1. The summed E-state index contributed by atoms with van der Waals surface area (Å²) >= 11 is 0. The van der Waals surface area contributed by atoms with Gasteiger partial charge in [0.15, 0.2) is 5.69 Å². The summed E-state index contributed by atoms with van der Waals surface area (Å²) in [5.74, 6) is -2.07. The Morgan fingerprint density at radius 1 is 1.11 bits per heavy atom. The van der Waals surface area contributed by atoms with E-state index in [1.165, 1.54) is 11.6 Å². The number of likely N-dealkylation sites (tertiary alicyclic amines) is 1. The summed E-state index contributed by atoms with van der Waals surface area (Å²) in [5, 5.41) is 11.1. The van der Waals surface area contributed by atoms with E-state index >= 15 is 0 Å². The SMILES string of the molecule is Cc1ccc([C@H]2Cn3nnc(C(=O)N4CCC(C(=O)NCc5ccc(F)cc5F)CC4)c3CO2)cc1. The fourth-order valence-electron chi connectivity index (χ4n) is 4.65. The third-order valence-electron chi connectivity index (χ3n) is 6.87. The molecule has 0 saturated carbocycles.